The van der Waals surface area contributed by atoms with Crippen LogP contribution in [0.4, 0.5) is 11.4 Å². The SMILES string of the molecule is CCCCc1ccc(N2C(=O)C[C@@H]([NH+]3CCN(c4ccccc4)CC3)C2=O)cc1. The minimum absolute atomic E-state index is 0.0422. The van der Waals surface area contributed by atoms with E-state index in [4.69, 9.17) is 0 Å². The van der Waals surface area contributed by atoms with Crippen molar-refractivity contribution < 1.29 is 14.5 Å². The Balaban J connectivity index is 1.39. The van der Waals surface area contributed by atoms with Gasteiger partial charge in [-0.05, 0) is 42.7 Å². The van der Waals surface area contributed by atoms with Gasteiger partial charge in [0.25, 0.3) is 5.91 Å². The minimum atomic E-state index is -0.250. The molecule has 0 radical (unpaired) electrons. The number of amides is 2. The number of carbonyl (C=O) groups is 2. The lowest BCUT2D eigenvalue weighted by Gasteiger charge is -2.35. The Hall–Kier alpha value is -2.66. The van der Waals surface area contributed by atoms with Crippen LogP contribution in [-0.2, 0) is 16.0 Å². The zero-order chi connectivity index (χ0) is 20.2. The van der Waals surface area contributed by atoms with E-state index >= 15 is 0 Å². The molecule has 4 rings (SSSR count). The van der Waals surface area contributed by atoms with Crippen LogP contribution in [0.25, 0.3) is 0 Å². The van der Waals surface area contributed by atoms with Gasteiger partial charge in [0.2, 0.25) is 5.91 Å². The first-order valence-corrected chi connectivity index (χ1v) is 10.8. The summed E-state index contributed by atoms with van der Waals surface area (Å²) < 4.78 is 0. The number of imide groups is 1. The lowest BCUT2D eigenvalue weighted by atomic mass is 10.1. The van der Waals surface area contributed by atoms with Crippen molar-refractivity contribution in [1.29, 1.82) is 0 Å². The fourth-order valence-corrected chi connectivity index (χ4v) is 4.45. The molecule has 0 aliphatic carbocycles. The predicted octanol–water partition coefficient (Wildman–Crippen LogP) is 2.07. The summed E-state index contributed by atoms with van der Waals surface area (Å²) in [5, 5.41) is 0. The summed E-state index contributed by atoms with van der Waals surface area (Å²) in [4.78, 5) is 30.8. The number of quaternary nitrogens is 1. The molecule has 0 aromatic heterocycles. The number of carbonyl (C=O) groups excluding carboxylic acids is 2. The minimum Gasteiger partial charge on any atom is -0.360 e. The summed E-state index contributed by atoms with van der Waals surface area (Å²) in [5.41, 5.74) is 3.20. The van der Waals surface area contributed by atoms with Crippen molar-refractivity contribution in [1.82, 2.24) is 0 Å². The van der Waals surface area contributed by atoms with Gasteiger partial charge in [0.15, 0.2) is 6.04 Å². The Labute approximate surface area is 172 Å². The zero-order valence-corrected chi connectivity index (χ0v) is 17.1. The van der Waals surface area contributed by atoms with E-state index in [0.29, 0.717) is 12.1 Å². The largest absolute Gasteiger partial charge is 0.360 e. The van der Waals surface area contributed by atoms with Crippen LogP contribution in [-0.4, -0.2) is 44.0 Å². The van der Waals surface area contributed by atoms with Gasteiger partial charge in [-0.3, -0.25) is 9.59 Å². The summed E-state index contributed by atoms with van der Waals surface area (Å²) in [7, 11) is 0. The van der Waals surface area contributed by atoms with Crippen LogP contribution in [0, 0.1) is 0 Å². The zero-order valence-electron chi connectivity index (χ0n) is 17.1. The van der Waals surface area contributed by atoms with Crippen LogP contribution in [0.2, 0.25) is 0 Å². The van der Waals surface area contributed by atoms with Gasteiger partial charge in [-0.15, -0.1) is 0 Å². The van der Waals surface area contributed by atoms with Gasteiger partial charge in [-0.25, -0.2) is 4.90 Å². The van der Waals surface area contributed by atoms with E-state index in [9.17, 15) is 9.59 Å². The number of nitrogens with one attached hydrogen (secondary N) is 1. The van der Waals surface area contributed by atoms with Crippen LogP contribution < -0.4 is 14.7 Å². The van der Waals surface area contributed by atoms with Crippen molar-refractivity contribution in [2.24, 2.45) is 0 Å². The topological polar surface area (TPSA) is 45.1 Å². The molecule has 0 spiro atoms. The number of piperazine rings is 1. The van der Waals surface area contributed by atoms with E-state index in [0.717, 1.165) is 45.4 Å². The van der Waals surface area contributed by atoms with Crippen LogP contribution in [0.3, 0.4) is 0 Å². The second-order valence-electron chi connectivity index (χ2n) is 8.07. The van der Waals surface area contributed by atoms with Gasteiger partial charge in [-0.2, -0.15) is 0 Å². The molecule has 2 aliphatic rings. The second kappa shape index (κ2) is 8.78. The molecule has 0 saturated carbocycles. The van der Waals surface area contributed by atoms with Crippen molar-refractivity contribution in [3.63, 3.8) is 0 Å². The third-order valence-corrected chi connectivity index (χ3v) is 6.18. The molecule has 2 aromatic carbocycles. The van der Waals surface area contributed by atoms with Crippen molar-refractivity contribution >= 4 is 23.2 Å². The Morgan fingerprint density at radius 1 is 0.931 bits per heavy atom. The van der Waals surface area contributed by atoms with Gasteiger partial charge in [-0.1, -0.05) is 43.7 Å². The summed E-state index contributed by atoms with van der Waals surface area (Å²) in [6.45, 7) is 5.75. The van der Waals surface area contributed by atoms with E-state index in [1.54, 1.807) is 0 Å². The Kier molecular flexibility index (Phi) is 5.95. The predicted molar refractivity (Wildman–Crippen MR) is 115 cm³/mol. The first-order chi connectivity index (χ1) is 14.2. The highest BCUT2D eigenvalue weighted by atomic mass is 16.2. The van der Waals surface area contributed by atoms with E-state index < -0.39 is 0 Å². The molecule has 2 heterocycles. The van der Waals surface area contributed by atoms with Crippen molar-refractivity contribution in [2.45, 2.75) is 38.6 Å². The number of benzene rings is 2. The van der Waals surface area contributed by atoms with Gasteiger partial charge in [0, 0.05) is 5.69 Å². The molecule has 2 saturated heterocycles. The lowest BCUT2D eigenvalue weighted by molar-refractivity contribution is -0.915. The third kappa shape index (κ3) is 4.20. The van der Waals surface area contributed by atoms with Crippen molar-refractivity contribution in [3.05, 3.63) is 60.2 Å². The van der Waals surface area contributed by atoms with E-state index in [1.165, 1.54) is 21.1 Å². The second-order valence-corrected chi connectivity index (χ2v) is 8.07. The Morgan fingerprint density at radius 3 is 2.28 bits per heavy atom. The molecule has 2 aliphatic heterocycles. The molecule has 1 atom stereocenters. The standard InChI is InChI=1S/C24H29N3O2/c1-2-3-7-19-10-12-21(13-11-19)27-23(28)18-22(24(27)29)26-16-14-25(15-17-26)20-8-5-4-6-9-20/h4-6,8-13,22H,2-3,7,14-18H2,1H3/p+1/t22-/m1/s1. The van der Waals surface area contributed by atoms with Crippen LogP contribution in [0.1, 0.15) is 31.7 Å². The Bertz CT molecular complexity index is 842. The molecule has 2 aromatic rings. The monoisotopic (exact) mass is 392 g/mol. The molecule has 2 amide bonds. The number of hydrogen-bond donors (Lipinski definition) is 1. The van der Waals surface area contributed by atoms with E-state index in [2.05, 4.69) is 36.1 Å². The van der Waals surface area contributed by atoms with Gasteiger partial charge in [0.1, 0.15) is 0 Å². The highest BCUT2D eigenvalue weighted by Crippen LogP contribution is 2.23. The molecule has 5 heteroatoms. The quantitative estimate of drug-likeness (QED) is 0.766. The maximum atomic E-state index is 13.1. The van der Waals surface area contributed by atoms with Gasteiger partial charge < -0.3 is 9.80 Å². The van der Waals surface area contributed by atoms with E-state index in [1.807, 2.05) is 30.3 Å². The fourth-order valence-electron chi connectivity index (χ4n) is 4.45. The average molecular weight is 393 g/mol. The maximum Gasteiger partial charge on any atom is 0.292 e. The Morgan fingerprint density at radius 2 is 1.62 bits per heavy atom. The maximum absolute atomic E-state index is 13.1. The smallest absolute Gasteiger partial charge is 0.292 e. The number of anilines is 2. The lowest BCUT2D eigenvalue weighted by Crippen LogP contribution is -3.19. The highest BCUT2D eigenvalue weighted by molar-refractivity contribution is 6.21. The summed E-state index contributed by atoms with van der Waals surface area (Å²) in [6.07, 6.45) is 3.67. The molecule has 152 valence electrons. The summed E-state index contributed by atoms with van der Waals surface area (Å²) in [5.74, 6) is -0.112. The van der Waals surface area contributed by atoms with Crippen LogP contribution >= 0.6 is 0 Å². The molecule has 0 bridgehead atoms. The van der Waals surface area contributed by atoms with Crippen molar-refractivity contribution in [3.8, 4) is 0 Å². The van der Waals surface area contributed by atoms with Crippen LogP contribution in [0.5, 0.6) is 0 Å². The first-order valence-electron chi connectivity index (χ1n) is 10.8. The number of para-hydroxylation sites is 1. The molecular formula is C24H30N3O2+. The number of rotatable bonds is 6. The number of hydrogen-bond acceptors (Lipinski definition) is 3. The molecule has 2 fully saturated rings. The average Bonchev–Trinajstić information content (AvgIpc) is 3.07. The molecule has 5 nitrogen and oxygen atoms in total. The number of unbranched alkanes of at least 4 members (excludes halogenated alkanes) is 1. The van der Waals surface area contributed by atoms with Crippen molar-refractivity contribution in [2.75, 3.05) is 36.0 Å². The van der Waals surface area contributed by atoms with Gasteiger partial charge in [0.05, 0.1) is 38.3 Å². The summed E-state index contributed by atoms with van der Waals surface area (Å²) in [6, 6.07) is 18.1. The number of nitrogens with zero attached hydrogens (tertiary/aromatic N) is 2. The molecular weight excluding hydrogens is 362 g/mol. The first kappa shape index (κ1) is 19.6. The van der Waals surface area contributed by atoms with Crippen LogP contribution in [0.15, 0.2) is 54.6 Å². The fraction of sp³-hybridized carbons (Fsp3) is 0.417. The normalized spacial score (nSPS) is 20.5. The molecule has 1 N–H and O–H groups in total. The van der Waals surface area contributed by atoms with Gasteiger partial charge >= 0.3 is 0 Å². The highest BCUT2D eigenvalue weighted by Gasteiger charge is 2.46. The number of aryl methyl sites for hydroxylation is 1. The summed E-state index contributed by atoms with van der Waals surface area (Å²) >= 11 is 0. The third-order valence-electron chi connectivity index (χ3n) is 6.18. The molecule has 0 unspecified atom stereocenters. The molecule has 29 heavy (non-hydrogen) atoms. The van der Waals surface area contributed by atoms with E-state index in [-0.39, 0.29) is 17.9 Å².